The van der Waals surface area contributed by atoms with Crippen LogP contribution in [0.25, 0.3) is 0 Å². The van der Waals surface area contributed by atoms with E-state index in [9.17, 15) is 9.59 Å². The normalized spacial score (nSPS) is 13.8. The van der Waals surface area contributed by atoms with Crippen molar-refractivity contribution >= 4 is 42.1 Å². The van der Waals surface area contributed by atoms with Crippen LogP contribution in [0.5, 0.6) is 0 Å². The molecule has 0 aromatic rings. The van der Waals surface area contributed by atoms with Crippen molar-refractivity contribution in [3.05, 3.63) is 0 Å². The van der Waals surface area contributed by atoms with Gasteiger partial charge in [-0.3, -0.25) is 4.99 Å². The Morgan fingerprint density at radius 3 is 2.55 bits per heavy atom. The average molecular weight is 328 g/mol. The Morgan fingerprint density at radius 1 is 1.50 bits per heavy atom. The second kappa shape index (κ2) is 10.6. The smallest absolute Gasteiger partial charge is 0.408 e. The summed E-state index contributed by atoms with van der Waals surface area (Å²) >= 11 is 1.38. The maximum absolute atomic E-state index is 11.3. The summed E-state index contributed by atoms with van der Waals surface area (Å²) in [5.41, 5.74) is 4.02. The molecule has 0 aromatic carbocycles. The van der Waals surface area contributed by atoms with Gasteiger partial charge >= 0.3 is 12.1 Å². The number of amides is 1. The van der Waals surface area contributed by atoms with Crippen LogP contribution in [0.15, 0.2) is 4.99 Å². The molecule has 0 saturated carbocycles. The summed E-state index contributed by atoms with van der Waals surface area (Å²) in [6, 6.07) is 0. The number of nitrogens with two attached hydrogens (primary N) is 1. The van der Waals surface area contributed by atoms with Gasteiger partial charge in [0.1, 0.15) is 5.54 Å². The Morgan fingerprint density at radius 2 is 2.10 bits per heavy atom. The van der Waals surface area contributed by atoms with Crippen molar-refractivity contribution in [1.82, 2.24) is 5.32 Å². The molecule has 0 aliphatic heterocycles. The quantitative estimate of drug-likeness (QED) is 0.349. The van der Waals surface area contributed by atoms with Gasteiger partial charge < -0.3 is 20.9 Å². The van der Waals surface area contributed by atoms with Gasteiger partial charge in [0.15, 0.2) is 0 Å². The second-order valence-corrected chi connectivity index (χ2v) is 5.16. The number of nitrogens with zero attached hydrogens (tertiary/aromatic N) is 1. The minimum atomic E-state index is -1.36. The zero-order valence-electron chi connectivity index (χ0n) is 11.8. The first-order chi connectivity index (χ1) is 8.81. The van der Waals surface area contributed by atoms with E-state index in [4.69, 9.17) is 10.8 Å². The van der Waals surface area contributed by atoms with Crippen LogP contribution in [-0.4, -0.2) is 53.2 Å². The molecule has 4 N–H and O–H groups in total. The minimum Gasteiger partial charge on any atom is -0.479 e. The summed E-state index contributed by atoms with van der Waals surface area (Å²) in [5.74, 6) is 0.236. The van der Waals surface area contributed by atoms with Crippen LogP contribution in [0, 0.1) is 0 Å². The van der Waals surface area contributed by atoms with Crippen molar-refractivity contribution < 1.29 is 19.4 Å². The number of alkyl carbamates (subject to hydrolysis) is 1. The van der Waals surface area contributed by atoms with E-state index < -0.39 is 17.6 Å². The fourth-order valence-electron chi connectivity index (χ4n) is 1.11. The van der Waals surface area contributed by atoms with Gasteiger partial charge in [-0.1, -0.05) is 0 Å². The lowest BCUT2D eigenvalue weighted by Gasteiger charge is -2.25. The molecule has 0 aliphatic rings. The van der Waals surface area contributed by atoms with Gasteiger partial charge in [0, 0.05) is 18.1 Å². The van der Waals surface area contributed by atoms with Crippen molar-refractivity contribution in [2.24, 2.45) is 10.7 Å². The van der Waals surface area contributed by atoms with E-state index in [-0.39, 0.29) is 24.8 Å². The zero-order chi connectivity index (χ0) is 14.9. The Labute approximate surface area is 129 Å². The third kappa shape index (κ3) is 8.87. The molecule has 1 atom stereocenters. The number of hydrogen-bond acceptors (Lipinski definition) is 5. The van der Waals surface area contributed by atoms with E-state index in [0.717, 1.165) is 0 Å². The molecule has 0 unspecified atom stereocenters. The fraction of sp³-hybridized carbons (Fsp3) is 0.727. The van der Waals surface area contributed by atoms with Crippen molar-refractivity contribution in [2.45, 2.75) is 26.3 Å². The number of carboxylic acids is 1. The second-order valence-electron chi connectivity index (χ2n) is 4.06. The van der Waals surface area contributed by atoms with Gasteiger partial charge in [-0.2, -0.15) is 11.8 Å². The van der Waals surface area contributed by atoms with Crippen molar-refractivity contribution in [1.29, 1.82) is 0 Å². The SMILES string of the molecule is CCOC(=O)N[C@@](C)(CSCCN=C(C)N)C(=O)O.Cl. The summed E-state index contributed by atoms with van der Waals surface area (Å²) in [5, 5.41) is 11.5. The lowest BCUT2D eigenvalue weighted by atomic mass is 10.1. The highest BCUT2D eigenvalue weighted by Gasteiger charge is 2.35. The Balaban J connectivity index is 0. The summed E-state index contributed by atoms with van der Waals surface area (Å²) in [6.07, 6.45) is -0.733. The highest BCUT2D eigenvalue weighted by Crippen LogP contribution is 2.14. The number of aliphatic carboxylic acids is 1. The molecule has 20 heavy (non-hydrogen) atoms. The number of carbonyl (C=O) groups excluding carboxylic acids is 1. The lowest BCUT2D eigenvalue weighted by molar-refractivity contribution is -0.142. The topological polar surface area (TPSA) is 114 Å². The molecule has 1 amide bonds. The molecule has 9 heteroatoms. The molecular weight excluding hydrogens is 306 g/mol. The molecule has 0 rings (SSSR count). The fourth-order valence-corrected chi connectivity index (χ4v) is 2.08. The van der Waals surface area contributed by atoms with Crippen LogP contribution in [0.1, 0.15) is 20.8 Å². The van der Waals surface area contributed by atoms with Crippen LogP contribution in [0.4, 0.5) is 4.79 Å². The minimum absolute atomic E-state index is 0. The Kier molecular flexibility index (Phi) is 11.2. The predicted octanol–water partition coefficient (Wildman–Crippen LogP) is 1.11. The van der Waals surface area contributed by atoms with E-state index in [2.05, 4.69) is 15.0 Å². The number of halogens is 1. The number of aliphatic imine (C=N–C) groups is 1. The largest absolute Gasteiger partial charge is 0.479 e. The molecule has 0 fully saturated rings. The van der Waals surface area contributed by atoms with E-state index in [1.165, 1.54) is 18.7 Å². The highest BCUT2D eigenvalue weighted by atomic mass is 35.5. The third-order valence-electron chi connectivity index (χ3n) is 2.11. The molecule has 7 nitrogen and oxygen atoms in total. The van der Waals surface area contributed by atoms with E-state index in [1.807, 2.05) is 0 Å². The summed E-state index contributed by atoms with van der Waals surface area (Å²) in [7, 11) is 0. The molecule has 0 bridgehead atoms. The maximum atomic E-state index is 11.3. The van der Waals surface area contributed by atoms with Gasteiger partial charge in [0.05, 0.1) is 12.4 Å². The third-order valence-corrected chi connectivity index (χ3v) is 3.37. The van der Waals surface area contributed by atoms with Crippen LogP contribution >= 0.6 is 24.2 Å². The average Bonchev–Trinajstić information content (AvgIpc) is 2.28. The van der Waals surface area contributed by atoms with Crippen molar-refractivity contribution in [3.8, 4) is 0 Å². The van der Waals surface area contributed by atoms with Gasteiger partial charge in [-0.15, -0.1) is 12.4 Å². The van der Waals surface area contributed by atoms with E-state index in [0.29, 0.717) is 18.1 Å². The molecule has 0 aromatic heterocycles. The van der Waals surface area contributed by atoms with Crippen molar-refractivity contribution in [3.63, 3.8) is 0 Å². The standard InChI is InChI=1S/C11H21N3O4S.ClH/c1-4-18-10(17)14-11(3,9(15)16)7-19-6-5-13-8(2)12;/h4-7H2,1-3H3,(H2,12,13)(H,14,17)(H,15,16);1H/t11-;/m0./s1. The van der Waals surface area contributed by atoms with Crippen LogP contribution in [-0.2, 0) is 9.53 Å². The summed E-state index contributed by atoms with van der Waals surface area (Å²) in [4.78, 5) is 26.5. The monoisotopic (exact) mass is 327 g/mol. The zero-order valence-corrected chi connectivity index (χ0v) is 13.5. The van der Waals surface area contributed by atoms with Crippen molar-refractivity contribution in [2.75, 3.05) is 24.7 Å². The number of rotatable bonds is 8. The summed E-state index contributed by atoms with van der Waals surface area (Å²) in [6.45, 7) is 5.49. The van der Waals surface area contributed by atoms with Crippen LogP contribution < -0.4 is 11.1 Å². The first-order valence-electron chi connectivity index (χ1n) is 5.84. The van der Waals surface area contributed by atoms with Gasteiger partial charge in [-0.25, -0.2) is 9.59 Å². The molecule has 0 saturated heterocycles. The van der Waals surface area contributed by atoms with E-state index in [1.54, 1.807) is 13.8 Å². The molecule has 0 heterocycles. The Bertz CT molecular complexity index is 351. The maximum Gasteiger partial charge on any atom is 0.408 e. The lowest BCUT2D eigenvalue weighted by Crippen LogP contribution is -2.54. The van der Waals surface area contributed by atoms with Crippen LogP contribution in [0.2, 0.25) is 0 Å². The molecular formula is C11H22ClN3O4S. The number of amidine groups is 1. The number of thioether (sulfide) groups is 1. The van der Waals surface area contributed by atoms with Gasteiger partial charge in [-0.05, 0) is 20.8 Å². The number of carboxylic acid groups (broad SMARTS) is 1. The number of nitrogens with one attached hydrogen (secondary N) is 1. The Hall–Kier alpha value is -1.15. The first kappa shape index (κ1) is 21.2. The van der Waals surface area contributed by atoms with Crippen LogP contribution in [0.3, 0.4) is 0 Å². The molecule has 0 radical (unpaired) electrons. The van der Waals surface area contributed by atoms with Gasteiger partial charge in [0.2, 0.25) is 0 Å². The number of hydrogen-bond donors (Lipinski definition) is 3. The number of ether oxygens (including phenoxy) is 1. The molecule has 0 spiro atoms. The van der Waals surface area contributed by atoms with E-state index >= 15 is 0 Å². The summed E-state index contributed by atoms with van der Waals surface area (Å²) < 4.78 is 4.69. The van der Waals surface area contributed by atoms with Gasteiger partial charge in [0.25, 0.3) is 0 Å². The number of carbonyl (C=O) groups is 2. The highest BCUT2D eigenvalue weighted by molar-refractivity contribution is 7.99. The predicted molar refractivity (Wildman–Crippen MR) is 82.9 cm³/mol. The molecule has 0 aliphatic carbocycles. The molecule has 118 valence electrons. The first-order valence-corrected chi connectivity index (χ1v) is 7.00.